The van der Waals surface area contributed by atoms with Gasteiger partial charge in [0, 0.05) is 37.8 Å². The van der Waals surface area contributed by atoms with Crippen molar-refractivity contribution in [1.29, 1.82) is 0 Å². The number of carbonyl (C=O) groups excluding carboxylic acids is 1. The summed E-state index contributed by atoms with van der Waals surface area (Å²) in [7, 11) is 0. The third kappa shape index (κ3) is 7.16. The van der Waals surface area contributed by atoms with Crippen molar-refractivity contribution in [3.63, 3.8) is 0 Å². The maximum atomic E-state index is 13.0. The van der Waals surface area contributed by atoms with Gasteiger partial charge >= 0.3 is 18.4 Å². The molecule has 1 atom stereocenters. The van der Waals surface area contributed by atoms with Crippen molar-refractivity contribution < 1.29 is 31.8 Å². The zero-order chi connectivity index (χ0) is 23.0. The molecule has 2 amide bonds. The summed E-state index contributed by atoms with van der Waals surface area (Å²) >= 11 is 0. The second-order valence-corrected chi connectivity index (χ2v) is 7.56. The number of ether oxygens (including phenoxy) is 2. The van der Waals surface area contributed by atoms with Gasteiger partial charge in [-0.15, -0.1) is 0 Å². The Morgan fingerprint density at radius 3 is 2.78 bits per heavy atom. The van der Waals surface area contributed by atoms with Gasteiger partial charge in [0.05, 0.1) is 12.7 Å². The van der Waals surface area contributed by atoms with Crippen molar-refractivity contribution in [1.82, 2.24) is 9.88 Å². The number of benzene rings is 1. The fourth-order valence-electron chi connectivity index (χ4n) is 3.27. The molecular weight excluding hydrogens is 430 g/mol. The molecule has 1 aliphatic heterocycles. The fourth-order valence-corrected chi connectivity index (χ4v) is 3.27. The Balaban J connectivity index is 1.61. The van der Waals surface area contributed by atoms with Gasteiger partial charge in [0.15, 0.2) is 0 Å². The van der Waals surface area contributed by atoms with E-state index in [9.17, 15) is 22.4 Å². The number of amides is 2. The van der Waals surface area contributed by atoms with Crippen LogP contribution in [0.1, 0.15) is 24.0 Å². The third-order valence-electron chi connectivity index (χ3n) is 4.89. The Kier molecular flexibility index (Phi) is 8.40. The minimum absolute atomic E-state index is 0.0475. The minimum atomic E-state index is -4.21. The highest BCUT2D eigenvalue weighted by Crippen LogP contribution is 2.24. The second kappa shape index (κ2) is 11.2. The Labute approximate surface area is 183 Å². The Morgan fingerprint density at radius 1 is 1.28 bits per heavy atom. The van der Waals surface area contributed by atoms with E-state index in [-0.39, 0.29) is 18.7 Å². The standard InChI is InChI=1S/C22H25F4N3O3/c23-20(24)22(25,26)15-31-14-16-4-1-6-18(10-16)28-21(30)29(13-19-7-3-9-32-19)12-17-5-2-8-27-11-17/h1-2,4-6,8,10-11,19-20H,3,7,9,12-15H2,(H,28,30). The Bertz CT molecular complexity index is 865. The van der Waals surface area contributed by atoms with Crippen molar-refractivity contribution in [2.75, 3.05) is 25.1 Å². The summed E-state index contributed by atoms with van der Waals surface area (Å²) in [5.41, 5.74) is 1.76. The van der Waals surface area contributed by atoms with Crippen LogP contribution in [0.5, 0.6) is 0 Å². The molecular formula is C22H25F4N3O3. The summed E-state index contributed by atoms with van der Waals surface area (Å²) in [5.74, 6) is -4.21. The molecule has 0 radical (unpaired) electrons. The van der Waals surface area contributed by atoms with Crippen LogP contribution in [0, 0.1) is 0 Å². The maximum absolute atomic E-state index is 13.0. The molecule has 1 N–H and O–H groups in total. The fraction of sp³-hybridized carbons (Fsp3) is 0.455. The molecule has 1 aromatic carbocycles. The monoisotopic (exact) mass is 455 g/mol. The van der Waals surface area contributed by atoms with E-state index in [4.69, 9.17) is 9.47 Å². The molecule has 174 valence electrons. The normalized spacial score (nSPS) is 16.3. The van der Waals surface area contributed by atoms with Crippen LogP contribution >= 0.6 is 0 Å². The van der Waals surface area contributed by atoms with E-state index < -0.39 is 19.0 Å². The summed E-state index contributed by atoms with van der Waals surface area (Å²) in [6.45, 7) is -0.264. The van der Waals surface area contributed by atoms with E-state index in [0.29, 0.717) is 30.9 Å². The lowest BCUT2D eigenvalue weighted by Crippen LogP contribution is -2.39. The minimum Gasteiger partial charge on any atom is -0.376 e. The van der Waals surface area contributed by atoms with Gasteiger partial charge in [0.1, 0.15) is 6.61 Å². The molecule has 0 aliphatic carbocycles. The van der Waals surface area contributed by atoms with Crippen LogP contribution in [0.4, 0.5) is 28.0 Å². The van der Waals surface area contributed by atoms with Gasteiger partial charge in [-0.2, -0.15) is 8.78 Å². The predicted octanol–water partition coefficient (Wildman–Crippen LogP) is 4.71. The first-order chi connectivity index (χ1) is 15.3. The molecule has 1 aliphatic rings. The largest absolute Gasteiger partial charge is 0.376 e. The molecule has 1 aromatic heterocycles. The number of hydrogen-bond donors (Lipinski definition) is 1. The number of rotatable bonds is 10. The van der Waals surface area contributed by atoms with Crippen LogP contribution in [-0.2, 0) is 22.6 Å². The lowest BCUT2D eigenvalue weighted by Gasteiger charge is -2.26. The van der Waals surface area contributed by atoms with Crippen LogP contribution < -0.4 is 5.32 Å². The van der Waals surface area contributed by atoms with Gasteiger partial charge in [0.25, 0.3) is 0 Å². The number of nitrogens with zero attached hydrogens (tertiary/aromatic N) is 2. The molecule has 3 rings (SSSR count). The molecule has 32 heavy (non-hydrogen) atoms. The lowest BCUT2D eigenvalue weighted by atomic mass is 10.2. The molecule has 1 fully saturated rings. The van der Waals surface area contributed by atoms with Crippen LogP contribution in [0.3, 0.4) is 0 Å². The summed E-state index contributed by atoms with van der Waals surface area (Å²) in [6, 6.07) is 9.71. The van der Waals surface area contributed by atoms with Crippen LogP contribution in [0.15, 0.2) is 48.8 Å². The topological polar surface area (TPSA) is 63.7 Å². The zero-order valence-corrected chi connectivity index (χ0v) is 17.4. The molecule has 0 saturated carbocycles. The van der Waals surface area contributed by atoms with E-state index in [0.717, 1.165) is 18.4 Å². The Hall–Kier alpha value is -2.72. The van der Waals surface area contributed by atoms with Crippen molar-refractivity contribution in [3.05, 3.63) is 59.9 Å². The van der Waals surface area contributed by atoms with Gasteiger partial charge in [-0.3, -0.25) is 4.98 Å². The van der Waals surface area contributed by atoms with Crippen LogP contribution in [0.2, 0.25) is 0 Å². The van der Waals surface area contributed by atoms with Gasteiger partial charge in [-0.05, 0) is 42.2 Å². The van der Waals surface area contributed by atoms with Gasteiger partial charge in [0.2, 0.25) is 0 Å². The van der Waals surface area contributed by atoms with Crippen molar-refractivity contribution in [3.8, 4) is 0 Å². The SMILES string of the molecule is O=C(Nc1cccc(COCC(F)(F)C(F)F)c1)N(Cc1cccnc1)CC1CCCO1. The van der Waals surface area contributed by atoms with Crippen molar-refractivity contribution in [2.24, 2.45) is 0 Å². The number of aromatic nitrogens is 1. The van der Waals surface area contributed by atoms with Crippen LogP contribution in [-0.4, -0.2) is 54.1 Å². The molecule has 2 heterocycles. The highest BCUT2D eigenvalue weighted by molar-refractivity contribution is 5.89. The van der Waals surface area contributed by atoms with Crippen molar-refractivity contribution in [2.45, 2.75) is 44.4 Å². The Morgan fingerprint density at radius 2 is 2.09 bits per heavy atom. The van der Waals surface area contributed by atoms with E-state index in [2.05, 4.69) is 10.3 Å². The number of hydrogen-bond acceptors (Lipinski definition) is 4. The van der Waals surface area contributed by atoms with Crippen molar-refractivity contribution >= 4 is 11.7 Å². The maximum Gasteiger partial charge on any atom is 0.330 e. The van der Waals surface area contributed by atoms with Crippen LogP contribution in [0.25, 0.3) is 0 Å². The van der Waals surface area contributed by atoms with E-state index in [1.165, 1.54) is 0 Å². The lowest BCUT2D eigenvalue weighted by molar-refractivity contribution is -0.168. The summed E-state index contributed by atoms with van der Waals surface area (Å²) in [5, 5.41) is 2.79. The molecule has 0 bridgehead atoms. The third-order valence-corrected chi connectivity index (χ3v) is 4.89. The summed E-state index contributed by atoms with van der Waals surface area (Å²) < 4.78 is 60.8. The molecule has 2 aromatic rings. The first-order valence-electron chi connectivity index (χ1n) is 10.2. The average molecular weight is 455 g/mol. The molecule has 0 spiro atoms. The first-order valence-corrected chi connectivity index (χ1v) is 10.2. The summed E-state index contributed by atoms with van der Waals surface area (Å²) in [6.07, 6.45) is 1.31. The van der Waals surface area contributed by atoms with E-state index in [1.54, 1.807) is 47.6 Å². The summed E-state index contributed by atoms with van der Waals surface area (Å²) in [4.78, 5) is 18.7. The molecule has 1 unspecified atom stereocenters. The molecule has 6 nitrogen and oxygen atoms in total. The highest BCUT2D eigenvalue weighted by Gasteiger charge is 2.40. The average Bonchev–Trinajstić information content (AvgIpc) is 3.27. The zero-order valence-electron chi connectivity index (χ0n) is 17.4. The number of anilines is 1. The second-order valence-electron chi connectivity index (χ2n) is 7.56. The smallest absolute Gasteiger partial charge is 0.330 e. The van der Waals surface area contributed by atoms with Gasteiger partial charge < -0.3 is 19.7 Å². The van der Waals surface area contributed by atoms with Gasteiger partial charge in [-0.25, -0.2) is 13.6 Å². The van der Waals surface area contributed by atoms with E-state index in [1.807, 2.05) is 6.07 Å². The quantitative estimate of drug-likeness (QED) is 0.527. The number of nitrogens with one attached hydrogen (secondary N) is 1. The molecule has 10 heteroatoms. The number of urea groups is 1. The van der Waals surface area contributed by atoms with Gasteiger partial charge in [-0.1, -0.05) is 18.2 Å². The number of carbonyl (C=O) groups is 1. The first kappa shape index (κ1) is 23.9. The number of halogens is 4. The number of pyridine rings is 1. The highest BCUT2D eigenvalue weighted by atomic mass is 19.3. The predicted molar refractivity (Wildman–Crippen MR) is 110 cm³/mol. The number of alkyl halides is 4. The van der Waals surface area contributed by atoms with E-state index >= 15 is 0 Å². The molecule has 1 saturated heterocycles.